The fourth-order valence-corrected chi connectivity index (χ4v) is 1.85. The van der Waals surface area contributed by atoms with Crippen molar-refractivity contribution in [3.8, 4) is 0 Å². The molecule has 1 aromatic heterocycles. The molecule has 0 saturated carbocycles. The van der Waals surface area contributed by atoms with Crippen molar-refractivity contribution < 1.29 is 9.18 Å². The summed E-state index contributed by atoms with van der Waals surface area (Å²) in [6, 6.07) is 5.69. The van der Waals surface area contributed by atoms with Crippen molar-refractivity contribution in [2.24, 2.45) is 0 Å². The molecule has 1 heterocycles. The Morgan fingerprint density at radius 3 is 2.95 bits per heavy atom. The number of amides is 1. The van der Waals surface area contributed by atoms with Gasteiger partial charge in [-0.05, 0) is 30.7 Å². The molecule has 0 unspecified atom stereocenters. The van der Waals surface area contributed by atoms with E-state index in [2.05, 4.69) is 10.4 Å². The van der Waals surface area contributed by atoms with E-state index in [4.69, 9.17) is 11.6 Å². The Morgan fingerprint density at radius 2 is 2.26 bits per heavy atom. The van der Waals surface area contributed by atoms with Gasteiger partial charge in [-0.3, -0.25) is 9.48 Å². The standard InChI is InChI=1S/C13H13ClFN3O/c1-2-7-18-12(5-6-16-18)13(19)17-11-4-3-9(14)8-10(11)15/h3-6,8H,2,7H2,1H3,(H,17,19). The number of aryl methyl sites for hydroxylation is 1. The first-order valence-electron chi connectivity index (χ1n) is 5.90. The fourth-order valence-electron chi connectivity index (χ4n) is 1.69. The quantitative estimate of drug-likeness (QED) is 0.934. The third kappa shape index (κ3) is 3.12. The molecular weight excluding hydrogens is 269 g/mol. The van der Waals surface area contributed by atoms with Crippen LogP contribution >= 0.6 is 11.6 Å². The molecule has 1 amide bonds. The predicted molar refractivity (Wildman–Crippen MR) is 71.9 cm³/mol. The van der Waals surface area contributed by atoms with Gasteiger partial charge in [-0.1, -0.05) is 18.5 Å². The van der Waals surface area contributed by atoms with E-state index in [1.165, 1.54) is 12.1 Å². The zero-order valence-corrected chi connectivity index (χ0v) is 11.1. The monoisotopic (exact) mass is 281 g/mol. The Hall–Kier alpha value is -1.88. The molecule has 0 radical (unpaired) electrons. The van der Waals surface area contributed by atoms with Crippen LogP contribution in [0.2, 0.25) is 5.02 Å². The molecule has 0 saturated heterocycles. The highest BCUT2D eigenvalue weighted by atomic mass is 35.5. The molecule has 0 aliphatic rings. The molecule has 19 heavy (non-hydrogen) atoms. The molecule has 0 fully saturated rings. The Labute approximate surface area is 115 Å². The number of nitrogens with zero attached hydrogens (tertiary/aromatic N) is 2. The summed E-state index contributed by atoms with van der Waals surface area (Å²) in [4.78, 5) is 12.0. The third-order valence-corrected chi connectivity index (χ3v) is 2.80. The van der Waals surface area contributed by atoms with Crippen molar-refractivity contribution in [3.63, 3.8) is 0 Å². The Bertz CT molecular complexity index is 597. The number of anilines is 1. The second-order valence-electron chi connectivity index (χ2n) is 4.02. The number of benzene rings is 1. The molecule has 0 aliphatic heterocycles. The van der Waals surface area contributed by atoms with Crippen LogP contribution in [0, 0.1) is 5.82 Å². The summed E-state index contributed by atoms with van der Waals surface area (Å²) < 4.78 is 15.2. The van der Waals surface area contributed by atoms with Crippen molar-refractivity contribution in [1.29, 1.82) is 0 Å². The second-order valence-corrected chi connectivity index (χ2v) is 4.45. The van der Waals surface area contributed by atoms with Gasteiger partial charge in [-0.25, -0.2) is 4.39 Å². The number of hydrogen-bond donors (Lipinski definition) is 1. The van der Waals surface area contributed by atoms with Gasteiger partial charge >= 0.3 is 0 Å². The first kappa shape index (κ1) is 13.5. The maximum Gasteiger partial charge on any atom is 0.274 e. The average molecular weight is 282 g/mol. The molecule has 2 aromatic rings. The van der Waals surface area contributed by atoms with Gasteiger partial charge in [-0.15, -0.1) is 0 Å². The van der Waals surface area contributed by atoms with Crippen molar-refractivity contribution in [2.75, 3.05) is 5.32 Å². The van der Waals surface area contributed by atoms with Crippen LogP contribution in [0.15, 0.2) is 30.5 Å². The number of rotatable bonds is 4. The van der Waals surface area contributed by atoms with Crippen LogP contribution in [-0.4, -0.2) is 15.7 Å². The van der Waals surface area contributed by atoms with Gasteiger partial charge in [0.25, 0.3) is 5.91 Å². The van der Waals surface area contributed by atoms with Crippen LogP contribution in [0.4, 0.5) is 10.1 Å². The second kappa shape index (κ2) is 5.84. The van der Waals surface area contributed by atoms with E-state index >= 15 is 0 Å². The van der Waals surface area contributed by atoms with Crippen LogP contribution in [0.1, 0.15) is 23.8 Å². The fraction of sp³-hybridized carbons (Fsp3) is 0.231. The van der Waals surface area contributed by atoms with E-state index in [1.54, 1.807) is 16.9 Å². The Balaban J connectivity index is 2.18. The normalized spacial score (nSPS) is 10.5. The number of aromatic nitrogens is 2. The molecule has 0 aliphatic carbocycles. The van der Waals surface area contributed by atoms with Gasteiger partial charge in [0.05, 0.1) is 5.69 Å². The van der Waals surface area contributed by atoms with E-state index in [9.17, 15) is 9.18 Å². The maximum absolute atomic E-state index is 13.6. The summed E-state index contributed by atoms with van der Waals surface area (Å²) in [6.45, 7) is 2.63. The predicted octanol–water partition coefficient (Wildman–Crippen LogP) is 3.34. The lowest BCUT2D eigenvalue weighted by molar-refractivity contribution is 0.101. The van der Waals surface area contributed by atoms with Gasteiger partial charge < -0.3 is 5.32 Å². The summed E-state index contributed by atoms with van der Waals surface area (Å²) >= 11 is 5.65. The third-order valence-electron chi connectivity index (χ3n) is 2.56. The van der Waals surface area contributed by atoms with E-state index in [0.29, 0.717) is 12.2 Å². The van der Waals surface area contributed by atoms with E-state index in [-0.39, 0.29) is 10.7 Å². The first-order valence-corrected chi connectivity index (χ1v) is 6.28. The molecule has 1 N–H and O–H groups in total. The molecule has 0 atom stereocenters. The summed E-state index contributed by atoms with van der Waals surface area (Å²) in [6.07, 6.45) is 2.40. The van der Waals surface area contributed by atoms with Crippen LogP contribution in [-0.2, 0) is 6.54 Å². The molecule has 6 heteroatoms. The maximum atomic E-state index is 13.6. The van der Waals surface area contributed by atoms with Gasteiger partial charge in [-0.2, -0.15) is 5.10 Å². The lowest BCUT2D eigenvalue weighted by Gasteiger charge is -2.08. The van der Waals surface area contributed by atoms with Gasteiger partial charge in [0, 0.05) is 17.8 Å². The summed E-state index contributed by atoms with van der Waals surface area (Å²) in [5, 5.41) is 6.84. The molecule has 2 rings (SSSR count). The van der Waals surface area contributed by atoms with Crippen molar-refractivity contribution in [3.05, 3.63) is 47.0 Å². The van der Waals surface area contributed by atoms with E-state index in [1.807, 2.05) is 6.92 Å². The number of carbonyl (C=O) groups excluding carboxylic acids is 1. The molecular formula is C13H13ClFN3O. The minimum Gasteiger partial charge on any atom is -0.318 e. The van der Waals surface area contributed by atoms with E-state index < -0.39 is 11.7 Å². The first-order chi connectivity index (χ1) is 9.11. The van der Waals surface area contributed by atoms with E-state index in [0.717, 1.165) is 12.5 Å². The molecule has 0 spiro atoms. The van der Waals surface area contributed by atoms with Crippen LogP contribution < -0.4 is 5.32 Å². The van der Waals surface area contributed by atoms with Gasteiger partial charge in [0.1, 0.15) is 11.5 Å². The van der Waals surface area contributed by atoms with Crippen molar-refractivity contribution in [2.45, 2.75) is 19.9 Å². The number of halogens is 2. The van der Waals surface area contributed by atoms with Crippen LogP contribution in [0.5, 0.6) is 0 Å². The van der Waals surface area contributed by atoms with Crippen molar-refractivity contribution in [1.82, 2.24) is 9.78 Å². The highest BCUT2D eigenvalue weighted by molar-refractivity contribution is 6.30. The average Bonchev–Trinajstić information content (AvgIpc) is 2.81. The molecule has 0 bridgehead atoms. The molecule has 100 valence electrons. The lowest BCUT2D eigenvalue weighted by atomic mass is 10.3. The highest BCUT2D eigenvalue weighted by Crippen LogP contribution is 2.19. The SMILES string of the molecule is CCCn1nccc1C(=O)Nc1ccc(Cl)cc1F. The Morgan fingerprint density at radius 1 is 1.47 bits per heavy atom. The topological polar surface area (TPSA) is 46.9 Å². The Kier molecular flexibility index (Phi) is 4.16. The van der Waals surface area contributed by atoms with Gasteiger partial charge in [0.2, 0.25) is 0 Å². The minimum atomic E-state index is -0.567. The van der Waals surface area contributed by atoms with Gasteiger partial charge in [0.15, 0.2) is 0 Å². The molecule has 1 aromatic carbocycles. The zero-order valence-electron chi connectivity index (χ0n) is 10.4. The lowest BCUT2D eigenvalue weighted by Crippen LogP contribution is -2.18. The molecule has 4 nitrogen and oxygen atoms in total. The highest BCUT2D eigenvalue weighted by Gasteiger charge is 2.13. The van der Waals surface area contributed by atoms with Crippen LogP contribution in [0.25, 0.3) is 0 Å². The number of nitrogens with one attached hydrogen (secondary N) is 1. The smallest absolute Gasteiger partial charge is 0.274 e. The summed E-state index contributed by atoms with van der Waals surface area (Å²) in [7, 11) is 0. The summed E-state index contributed by atoms with van der Waals surface area (Å²) in [5.41, 5.74) is 0.495. The largest absolute Gasteiger partial charge is 0.318 e. The number of carbonyl (C=O) groups is 1. The zero-order chi connectivity index (χ0) is 13.8. The number of hydrogen-bond acceptors (Lipinski definition) is 2. The minimum absolute atomic E-state index is 0.0960. The van der Waals surface area contributed by atoms with Crippen molar-refractivity contribution >= 4 is 23.2 Å². The van der Waals surface area contributed by atoms with Crippen LogP contribution in [0.3, 0.4) is 0 Å². The summed E-state index contributed by atoms with van der Waals surface area (Å²) in [5.74, 6) is -0.963.